The van der Waals surface area contributed by atoms with Crippen molar-refractivity contribution in [2.75, 3.05) is 19.8 Å². The molecule has 0 saturated heterocycles. The van der Waals surface area contributed by atoms with Crippen LogP contribution in [0.5, 0.6) is 0 Å². The van der Waals surface area contributed by atoms with Crippen molar-refractivity contribution in [1.29, 1.82) is 0 Å². The monoisotopic (exact) mass is 424 g/mol. The van der Waals surface area contributed by atoms with E-state index in [0.29, 0.717) is 4.90 Å². The van der Waals surface area contributed by atoms with Crippen LogP contribution in [-0.4, -0.2) is 36.8 Å². The van der Waals surface area contributed by atoms with E-state index in [1.54, 1.807) is 12.1 Å². The molecule has 0 aliphatic rings. The molecule has 0 radical (unpaired) electrons. The van der Waals surface area contributed by atoms with Crippen molar-refractivity contribution in [3.63, 3.8) is 0 Å². The molecule has 2 N–H and O–H groups in total. The Bertz CT molecular complexity index is 1140. The number of sulfonamides is 1. The maximum absolute atomic E-state index is 12.2. The van der Waals surface area contributed by atoms with Gasteiger partial charge in [-0.1, -0.05) is 30.3 Å². The number of rotatable bonds is 7. The van der Waals surface area contributed by atoms with Gasteiger partial charge in [0, 0.05) is 25.4 Å². The summed E-state index contributed by atoms with van der Waals surface area (Å²) in [5.74, 6) is 0.279. The first-order chi connectivity index (χ1) is 14.2. The van der Waals surface area contributed by atoms with Gasteiger partial charge in [0.2, 0.25) is 16.0 Å². The van der Waals surface area contributed by atoms with Crippen molar-refractivity contribution in [3.8, 4) is 11.3 Å². The van der Waals surface area contributed by atoms with Gasteiger partial charge >= 0.3 is 0 Å². The number of nitrogens with two attached hydrogens (primary N) is 1. The van der Waals surface area contributed by atoms with Crippen LogP contribution >= 0.6 is 0 Å². The topological polar surface area (TPSA) is 89.2 Å². The molecule has 3 aromatic rings. The number of hydrogen-bond donors (Lipinski definition) is 1. The first kappa shape index (κ1) is 21.9. The van der Waals surface area contributed by atoms with Gasteiger partial charge in [-0.05, 0) is 68.0 Å². The highest BCUT2D eigenvalue weighted by atomic mass is 32.2. The van der Waals surface area contributed by atoms with Crippen LogP contribution in [0.2, 0.25) is 0 Å². The summed E-state index contributed by atoms with van der Waals surface area (Å²) in [7, 11) is -0.335. The molecule has 0 atom stereocenters. The van der Waals surface area contributed by atoms with E-state index < -0.39 is 10.0 Å². The number of hydrogen-bond acceptors (Lipinski definition) is 5. The molecule has 0 unspecified atom stereocenters. The number of aromatic nitrogens is 2. The zero-order valence-electron chi connectivity index (χ0n) is 17.9. The molecule has 7 heteroatoms. The molecular formula is C23H28N4O2S. The quantitative estimate of drug-likeness (QED) is 0.624. The van der Waals surface area contributed by atoms with Gasteiger partial charge in [0.25, 0.3) is 0 Å². The molecule has 0 aliphatic heterocycles. The molecule has 6 nitrogen and oxygen atoms in total. The third-order valence-electron chi connectivity index (χ3n) is 5.28. The molecule has 30 heavy (non-hydrogen) atoms. The van der Waals surface area contributed by atoms with Crippen LogP contribution in [0, 0.1) is 13.8 Å². The lowest BCUT2D eigenvalue weighted by atomic mass is 10.00. The lowest BCUT2D eigenvalue weighted by Gasteiger charge is -2.12. The molecule has 1 aromatic heterocycles. The molecule has 0 amide bonds. The summed E-state index contributed by atoms with van der Waals surface area (Å²) >= 11 is 0. The SMILES string of the molecule is Cc1cccc(-c2cc(CCCc3ccc(S(=O)(=O)N(C)C)cc3)nc(N)n2)c1C. The van der Waals surface area contributed by atoms with Gasteiger partial charge in [-0.25, -0.2) is 22.7 Å². The highest BCUT2D eigenvalue weighted by Crippen LogP contribution is 2.25. The molecule has 0 aliphatic carbocycles. The van der Waals surface area contributed by atoms with Gasteiger partial charge in [-0.3, -0.25) is 0 Å². The predicted octanol–water partition coefficient (Wildman–Crippen LogP) is 3.77. The molecule has 158 valence electrons. The van der Waals surface area contributed by atoms with Crippen LogP contribution < -0.4 is 5.73 Å². The van der Waals surface area contributed by atoms with Crippen LogP contribution in [0.25, 0.3) is 11.3 Å². The predicted molar refractivity (Wildman–Crippen MR) is 121 cm³/mol. The van der Waals surface area contributed by atoms with Crippen LogP contribution in [0.3, 0.4) is 0 Å². The fourth-order valence-electron chi connectivity index (χ4n) is 3.33. The van der Waals surface area contributed by atoms with E-state index in [9.17, 15) is 8.42 Å². The van der Waals surface area contributed by atoms with Gasteiger partial charge < -0.3 is 5.73 Å². The van der Waals surface area contributed by atoms with Crippen molar-refractivity contribution in [2.24, 2.45) is 0 Å². The standard InChI is InChI=1S/C23H28N4O2S/c1-16-7-5-10-21(17(16)2)22-15-19(25-23(24)26-22)9-6-8-18-11-13-20(14-12-18)30(28,29)27(3)4/h5,7,10-15H,6,8-9H2,1-4H3,(H2,24,25,26). The summed E-state index contributed by atoms with van der Waals surface area (Å²) in [4.78, 5) is 9.12. The maximum atomic E-state index is 12.2. The van der Waals surface area contributed by atoms with Crippen molar-refractivity contribution in [3.05, 3.63) is 70.9 Å². The minimum Gasteiger partial charge on any atom is -0.368 e. The summed E-state index contributed by atoms with van der Waals surface area (Å²) in [6, 6.07) is 15.2. The number of benzene rings is 2. The fourth-order valence-corrected chi connectivity index (χ4v) is 4.23. The number of anilines is 1. The maximum Gasteiger partial charge on any atom is 0.242 e. The Morgan fingerprint density at radius 2 is 1.67 bits per heavy atom. The second-order valence-corrected chi connectivity index (χ2v) is 9.79. The van der Waals surface area contributed by atoms with Crippen LogP contribution in [-0.2, 0) is 22.9 Å². The molecule has 0 saturated carbocycles. The Labute approximate surface area is 178 Å². The van der Waals surface area contributed by atoms with Gasteiger partial charge in [-0.15, -0.1) is 0 Å². The Balaban J connectivity index is 1.70. The molecule has 0 bridgehead atoms. The van der Waals surface area contributed by atoms with Crippen LogP contribution in [0.15, 0.2) is 53.4 Å². The first-order valence-electron chi connectivity index (χ1n) is 9.90. The number of nitrogens with zero attached hydrogens (tertiary/aromatic N) is 3. The van der Waals surface area contributed by atoms with E-state index in [2.05, 4.69) is 35.9 Å². The fraction of sp³-hybridized carbons (Fsp3) is 0.304. The second kappa shape index (κ2) is 8.93. The summed E-state index contributed by atoms with van der Waals surface area (Å²) in [5.41, 5.74) is 12.3. The largest absolute Gasteiger partial charge is 0.368 e. The molecular weight excluding hydrogens is 396 g/mol. The average molecular weight is 425 g/mol. The van der Waals surface area contributed by atoms with Crippen LogP contribution in [0.4, 0.5) is 5.95 Å². The minimum atomic E-state index is -3.40. The Kier molecular flexibility index (Phi) is 6.53. The molecule has 1 heterocycles. The summed E-state index contributed by atoms with van der Waals surface area (Å²) in [6.07, 6.45) is 2.47. The van der Waals surface area contributed by atoms with E-state index in [0.717, 1.165) is 41.8 Å². The summed E-state index contributed by atoms with van der Waals surface area (Å²) < 4.78 is 25.6. The Morgan fingerprint density at radius 3 is 2.33 bits per heavy atom. The zero-order chi connectivity index (χ0) is 21.9. The lowest BCUT2D eigenvalue weighted by molar-refractivity contribution is 0.520. The third-order valence-corrected chi connectivity index (χ3v) is 7.11. The third kappa shape index (κ3) is 4.86. The number of aryl methyl sites for hydroxylation is 3. The van der Waals surface area contributed by atoms with E-state index >= 15 is 0 Å². The molecule has 3 rings (SSSR count). The highest BCUT2D eigenvalue weighted by molar-refractivity contribution is 7.89. The van der Waals surface area contributed by atoms with Crippen molar-refractivity contribution in [1.82, 2.24) is 14.3 Å². The van der Waals surface area contributed by atoms with Crippen molar-refractivity contribution >= 4 is 16.0 Å². The molecule has 2 aromatic carbocycles. The van der Waals surface area contributed by atoms with Crippen molar-refractivity contribution < 1.29 is 8.42 Å². The smallest absolute Gasteiger partial charge is 0.242 e. The van der Waals surface area contributed by atoms with Crippen LogP contribution in [0.1, 0.15) is 28.8 Å². The van der Waals surface area contributed by atoms with E-state index in [1.165, 1.54) is 29.5 Å². The second-order valence-electron chi connectivity index (χ2n) is 7.64. The first-order valence-corrected chi connectivity index (χ1v) is 11.3. The summed E-state index contributed by atoms with van der Waals surface area (Å²) in [5, 5.41) is 0. The Hall–Kier alpha value is -2.77. The van der Waals surface area contributed by atoms with Gasteiger partial charge in [-0.2, -0.15) is 0 Å². The molecule has 0 spiro atoms. The summed E-state index contributed by atoms with van der Waals surface area (Å²) in [6.45, 7) is 4.17. The average Bonchev–Trinajstić information content (AvgIpc) is 2.70. The van der Waals surface area contributed by atoms with Gasteiger partial charge in [0.1, 0.15) is 0 Å². The minimum absolute atomic E-state index is 0.279. The normalized spacial score (nSPS) is 11.8. The van der Waals surface area contributed by atoms with Crippen molar-refractivity contribution in [2.45, 2.75) is 38.0 Å². The van der Waals surface area contributed by atoms with Gasteiger partial charge in [0.15, 0.2) is 0 Å². The molecule has 0 fully saturated rings. The lowest BCUT2D eigenvalue weighted by Crippen LogP contribution is -2.22. The highest BCUT2D eigenvalue weighted by Gasteiger charge is 2.16. The number of nitrogen functional groups attached to an aromatic ring is 1. The van der Waals surface area contributed by atoms with E-state index in [4.69, 9.17) is 5.73 Å². The van der Waals surface area contributed by atoms with Gasteiger partial charge in [0.05, 0.1) is 10.6 Å². The van der Waals surface area contributed by atoms with E-state index in [-0.39, 0.29) is 5.95 Å². The van der Waals surface area contributed by atoms with E-state index in [1.807, 2.05) is 24.3 Å². The Morgan fingerprint density at radius 1 is 0.967 bits per heavy atom. The zero-order valence-corrected chi connectivity index (χ0v) is 18.7.